The first kappa shape index (κ1) is 16.5. The van der Waals surface area contributed by atoms with Crippen molar-refractivity contribution in [1.29, 1.82) is 0 Å². The molecule has 1 fully saturated rings. The molecule has 1 saturated carbocycles. The van der Waals surface area contributed by atoms with E-state index in [1.807, 2.05) is 0 Å². The topological polar surface area (TPSA) is 29.9 Å². The zero-order valence-corrected chi connectivity index (χ0v) is 14.4. The minimum atomic E-state index is 0.822. The van der Waals surface area contributed by atoms with Crippen molar-refractivity contribution in [1.82, 2.24) is 15.1 Å². The van der Waals surface area contributed by atoms with Crippen molar-refractivity contribution < 1.29 is 0 Å². The third-order valence-electron chi connectivity index (χ3n) is 5.27. The third kappa shape index (κ3) is 4.32. The molecule has 0 radical (unpaired) electrons. The van der Waals surface area contributed by atoms with Crippen LogP contribution in [0.4, 0.5) is 0 Å². The second kappa shape index (κ2) is 7.98. The van der Waals surface area contributed by atoms with Crippen LogP contribution >= 0.6 is 0 Å². The van der Waals surface area contributed by atoms with Gasteiger partial charge in [-0.25, -0.2) is 0 Å². The van der Waals surface area contributed by atoms with Crippen LogP contribution in [0, 0.1) is 17.8 Å². The van der Waals surface area contributed by atoms with E-state index in [1.165, 1.54) is 56.5 Å². The molecule has 0 aromatic carbocycles. The molecule has 3 heteroatoms. The summed E-state index contributed by atoms with van der Waals surface area (Å²) in [5, 5.41) is 8.03. The molecular formula is C18H33N3. The Morgan fingerprint density at radius 3 is 2.71 bits per heavy atom. The summed E-state index contributed by atoms with van der Waals surface area (Å²) in [4.78, 5) is 0. The van der Waals surface area contributed by atoms with Crippen LogP contribution in [0.25, 0.3) is 0 Å². The molecule has 120 valence electrons. The van der Waals surface area contributed by atoms with Gasteiger partial charge in [0.15, 0.2) is 0 Å². The Hall–Kier alpha value is -0.830. The highest BCUT2D eigenvalue weighted by molar-refractivity contribution is 5.11. The Kier molecular flexibility index (Phi) is 6.28. The first-order valence-electron chi connectivity index (χ1n) is 8.84. The molecule has 21 heavy (non-hydrogen) atoms. The van der Waals surface area contributed by atoms with Gasteiger partial charge in [-0.2, -0.15) is 5.10 Å². The van der Waals surface area contributed by atoms with Gasteiger partial charge in [0.05, 0.1) is 5.69 Å². The molecule has 0 aliphatic heterocycles. The fourth-order valence-electron chi connectivity index (χ4n) is 4.08. The van der Waals surface area contributed by atoms with Gasteiger partial charge in [0.25, 0.3) is 0 Å². The van der Waals surface area contributed by atoms with Gasteiger partial charge in [0.2, 0.25) is 0 Å². The van der Waals surface area contributed by atoms with Gasteiger partial charge < -0.3 is 5.32 Å². The summed E-state index contributed by atoms with van der Waals surface area (Å²) in [5.41, 5.74) is 2.66. The van der Waals surface area contributed by atoms with Crippen LogP contribution in [0.1, 0.15) is 57.3 Å². The van der Waals surface area contributed by atoms with Gasteiger partial charge in [-0.05, 0) is 63.1 Å². The molecule has 3 nitrogen and oxygen atoms in total. The van der Waals surface area contributed by atoms with Gasteiger partial charge in [-0.1, -0.05) is 33.1 Å². The quantitative estimate of drug-likeness (QED) is 0.832. The smallest absolute Gasteiger partial charge is 0.0624 e. The number of rotatable bonds is 7. The van der Waals surface area contributed by atoms with E-state index in [0.717, 1.165) is 24.2 Å². The van der Waals surface area contributed by atoms with Gasteiger partial charge in [-0.15, -0.1) is 0 Å². The first-order valence-corrected chi connectivity index (χ1v) is 8.84. The van der Waals surface area contributed by atoms with Crippen molar-refractivity contribution in [2.24, 2.45) is 24.8 Å². The van der Waals surface area contributed by atoms with Crippen molar-refractivity contribution >= 4 is 0 Å². The molecule has 1 aliphatic rings. The van der Waals surface area contributed by atoms with Crippen LogP contribution in [0.2, 0.25) is 0 Å². The molecule has 0 bridgehead atoms. The summed E-state index contributed by atoms with van der Waals surface area (Å²) in [6.45, 7) is 5.68. The summed E-state index contributed by atoms with van der Waals surface area (Å²) >= 11 is 0. The minimum Gasteiger partial charge on any atom is -0.319 e. The molecule has 1 N–H and O–H groups in total. The average Bonchev–Trinajstić information content (AvgIpc) is 2.83. The monoisotopic (exact) mass is 291 g/mol. The highest BCUT2D eigenvalue weighted by atomic mass is 15.3. The lowest BCUT2D eigenvalue weighted by Crippen LogP contribution is -2.33. The lowest BCUT2D eigenvalue weighted by Gasteiger charge is -2.36. The van der Waals surface area contributed by atoms with Crippen LogP contribution < -0.4 is 5.32 Å². The van der Waals surface area contributed by atoms with E-state index in [9.17, 15) is 0 Å². The van der Waals surface area contributed by atoms with E-state index in [2.05, 4.69) is 49.1 Å². The van der Waals surface area contributed by atoms with Crippen LogP contribution in [0.5, 0.6) is 0 Å². The zero-order valence-electron chi connectivity index (χ0n) is 14.4. The van der Waals surface area contributed by atoms with Gasteiger partial charge in [0, 0.05) is 12.7 Å². The fraction of sp³-hybridized carbons (Fsp3) is 0.833. The Bertz CT molecular complexity index is 424. The van der Waals surface area contributed by atoms with E-state index < -0.39 is 0 Å². The van der Waals surface area contributed by atoms with E-state index in [1.54, 1.807) is 0 Å². The number of hydrogen-bond acceptors (Lipinski definition) is 2. The maximum atomic E-state index is 4.62. The molecule has 2 rings (SSSR count). The van der Waals surface area contributed by atoms with Crippen molar-refractivity contribution in [3.63, 3.8) is 0 Å². The predicted molar refractivity (Wildman–Crippen MR) is 89.4 cm³/mol. The predicted octanol–water partition coefficient (Wildman–Crippen LogP) is 3.58. The molecule has 0 amide bonds. The Labute approximate surface area is 130 Å². The summed E-state index contributed by atoms with van der Waals surface area (Å²) in [6, 6.07) is 2.32. The van der Waals surface area contributed by atoms with E-state index in [0.29, 0.717) is 0 Å². The molecule has 1 heterocycles. The fourth-order valence-corrected chi connectivity index (χ4v) is 4.08. The van der Waals surface area contributed by atoms with Crippen molar-refractivity contribution in [2.45, 2.75) is 58.8 Å². The SMILES string of the molecule is CCCC1CCC(CNC)C(Cc2cc(CC)nn2C)C1. The number of hydrogen-bond donors (Lipinski definition) is 1. The van der Waals surface area contributed by atoms with E-state index >= 15 is 0 Å². The molecule has 0 spiro atoms. The maximum Gasteiger partial charge on any atom is 0.0624 e. The normalized spacial score (nSPS) is 26.2. The van der Waals surface area contributed by atoms with Crippen molar-refractivity contribution in [2.75, 3.05) is 13.6 Å². The molecule has 1 aliphatic carbocycles. The minimum absolute atomic E-state index is 0.822. The second-order valence-electron chi connectivity index (χ2n) is 6.85. The summed E-state index contributed by atoms with van der Waals surface area (Å²) < 4.78 is 2.11. The Morgan fingerprint density at radius 1 is 1.29 bits per heavy atom. The van der Waals surface area contributed by atoms with Crippen LogP contribution in [-0.4, -0.2) is 23.4 Å². The number of nitrogens with one attached hydrogen (secondary N) is 1. The molecule has 1 aromatic heterocycles. The number of nitrogens with zero attached hydrogens (tertiary/aromatic N) is 2. The maximum absolute atomic E-state index is 4.62. The molecule has 0 saturated heterocycles. The van der Waals surface area contributed by atoms with Crippen LogP contribution in [-0.2, 0) is 19.9 Å². The van der Waals surface area contributed by atoms with Crippen LogP contribution in [0.3, 0.4) is 0 Å². The standard InChI is InChI=1S/C18H33N3/c1-5-7-14-8-9-15(13-19-3)16(10-14)11-18-12-17(6-2)20-21(18)4/h12,14-16,19H,5-11,13H2,1-4H3. The zero-order chi connectivity index (χ0) is 15.2. The van der Waals surface area contributed by atoms with E-state index in [4.69, 9.17) is 0 Å². The van der Waals surface area contributed by atoms with Crippen LogP contribution in [0.15, 0.2) is 6.07 Å². The molecule has 3 atom stereocenters. The average molecular weight is 291 g/mol. The number of aromatic nitrogens is 2. The van der Waals surface area contributed by atoms with Gasteiger partial charge in [-0.3, -0.25) is 4.68 Å². The summed E-state index contributed by atoms with van der Waals surface area (Å²) in [6.07, 6.45) is 9.23. The number of aryl methyl sites for hydroxylation is 2. The highest BCUT2D eigenvalue weighted by Gasteiger charge is 2.30. The van der Waals surface area contributed by atoms with Gasteiger partial charge in [0.1, 0.15) is 0 Å². The third-order valence-corrected chi connectivity index (χ3v) is 5.27. The van der Waals surface area contributed by atoms with E-state index in [-0.39, 0.29) is 0 Å². The van der Waals surface area contributed by atoms with Crippen molar-refractivity contribution in [3.8, 4) is 0 Å². The van der Waals surface area contributed by atoms with Crippen molar-refractivity contribution in [3.05, 3.63) is 17.5 Å². The largest absolute Gasteiger partial charge is 0.319 e. The molecule has 3 unspecified atom stereocenters. The Balaban J connectivity index is 2.05. The highest BCUT2D eigenvalue weighted by Crippen LogP contribution is 2.37. The lowest BCUT2D eigenvalue weighted by molar-refractivity contribution is 0.167. The molecular weight excluding hydrogens is 258 g/mol. The first-order chi connectivity index (χ1) is 10.2. The second-order valence-corrected chi connectivity index (χ2v) is 6.85. The molecule has 1 aromatic rings. The lowest BCUT2D eigenvalue weighted by atomic mass is 9.71. The Morgan fingerprint density at radius 2 is 2.10 bits per heavy atom. The summed E-state index contributed by atoms with van der Waals surface area (Å²) in [5.74, 6) is 2.61. The van der Waals surface area contributed by atoms with Gasteiger partial charge >= 0.3 is 0 Å². The summed E-state index contributed by atoms with van der Waals surface area (Å²) in [7, 11) is 4.20.